The maximum atomic E-state index is 6.98. The molecule has 312 valence electrons. The van der Waals surface area contributed by atoms with Crippen LogP contribution >= 0.6 is 0 Å². The molecule has 0 unspecified atom stereocenters. The fourth-order valence-corrected chi connectivity index (χ4v) is 11.1. The van der Waals surface area contributed by atoms with Crippen molar-refractivity contribution in [2.75, 3.05) is 5.32 Å². The molecule has 4 nitrogen and oxygen atoms in total. The first-order valence-electron chi connectivity index (χ1n) is 22.9. The van der Waals surface area contributed by atoms with Crippen LogP contribution in [0.4, 0.5) is 11.4 Å². The lowest BCUT2D eigenvalue weighted by atomic mass is 9.58. The number of rotatable bonds is 3. The van der Waals surface area contributed by atoms with Gasteiger partial charge in [0.15, 0.2) is 7.28 Å². The van der Waals surface area contributed by atoms with E-state index >= 15 is 0 Å². The van der Waals surface area contributed by atoms with E-state index in [1.165, 1.54) is 78.0 Å². The molecule has 0 fully saturated rings. The zero-order valence-corrected chi connectivity index (χ0v) is 38.4. The molecular formula is C58H55BN2O2. The number of nitrogens with zero attached hydrogens (tertiary/aromatic N) is 1. The summed E-state index contributed by atoms with van der Waals surface area (Å²) in [7, 11) is 0.816. The van der Waals surface area contributed by atoms with Crippen LogP contribution in [0.5, 0.6) is 0 Å². The summed E-state index contributed by atoms with van der Waals surface area (Å²) in [5.41, 5.74) is 20.3. The molecule has 5 heteroatoms. The first kappa shape index (κ1) is 38.5. The second kappa shape index (κ2) is 12.7. The van der Waals surface area contributed by atoms with Gasteiger partial charge in [0.2, 0.25) is 0 Å². The molecule has 12 rings (SSSR count). The van der Waals surface area contributed by atoms with Gasteiger partial charge in [-0.25, -0.2) is 0 Å². The Morgan fingerprint density at radius 3 is 1.92 bits per heavy atom. The molecule has 0 saturated heterocycles. The molecule has 0 saturated carbocycles. The van der Waals surface area contributed by atoms with E-state index in [0.717, 1.165) is 69.1 Å². The fourth-order valence-electron chi connectivity index (χ4n) is 11.1. The summed E-state index contributed by atoms with van der Waals surface area (Å²) in [4.78, 5) is 0. The van der Waals surface area contributed by atoms with E-state index in [4.69, 9.17) is 8.83 Å². The lowest BCUT2D eigenvalue weighted by Gasteiger charge is -2.41. The van der Waals surface area contributed by atoms with Crippen LogP contribution in [-0.2, 0) is 21.7 Å². The molecule has 4 heterocycles. The summed E-state index contributed by atoms with van der Waals surface area (Å²) in [6.45, 7) is 23.4. The second-order valence-corrected chi connectivity index (χ2v) is 22.2. The Bertz CT molecular complexity index is 3580. The second-order valence-electron chi connectivity index (χ2n) is 22.2. The third-order valence-electron chi connectivity index (χ3n) is 15.0. The number of fused-ring (bicyclic) bond motifs is 12. The summed E-state index contributed by atoms with van der Waals surface area (Å²) in [5, 5.41) is 11.1. The van der Waals surface area contributed by atoms with E-state index < -0.39 is 0 Å². The summed E-state index contributed by atoms with van der Waals surface area (Å²) in [6.07, 6.45) is 2.33. The highest BCUT2D eigenvalue weighted by Gasteiger charge is 2.38. The van der Waals surface area contributed by atoms with Gasteiger partial charge in [-0.1, -0.05) is 129 Å². The standard InChI is InChI=1S/C58H55BN2O2/c1-55(2,3)32-15-18-34(19-16-32)60-46-28-42-41-27-43-44(58(9,10)24-23-57(43,7)8)30-51(41)63-50(42)29-38(46)36-20-21-37-39-26-40-35-13-11-12-14-49(35)62-52(40)31-48(39)61-47-22-17-33(56(4,5)6)25-45(47)59-53(36)54(37)61/h11-22,25-31,59-60H,23-24H2,1-10H3. The van der Waals surface area contributed by atoms with E-state index in [-0.39, 0.29) is 21.7 Å². The Balaban J connectivity index is 1.14. The maximum absolute atomic E-state index is 6.98. The van der Waals surface area contributed by atoms with Crippen molar-refractivity contribution in [3.63, 3.8) is 0 Å². The zero-order valence-electron chi connectivity index (χ0n) is 38.4. The molecule has 3 aromatic heterocycles. The highest BCUT2D eigenvalue weighted by Crippen LogP contribution is 2.49. The lowest BCUT2D eigenvalue weighted by Crippen LogP contribution is -2.38. The van der Waals surface area contributed by atoms with Gasteiger partial charge in [0.05, 0.1) is 5.52 Å². The van der Waals surface area contributed by atoms with Crippen molar-refractivity contribution in [2.45, 2.75) is 104 Å². The number of para-hydroxylation sites is 1. The Morgan fingerprint density at radius 1 is 0.540 bits per heavy atom. The molecule has 1 aliphatic carbocycles. The summed E-state index contributed by atoms with van der Waals surface area (Å²) in [6, 6.07) is 43.4. The van der Waals surface area contributed by atoms with Crippen LogP contribution in [0.25, 0.3) is 82.5 Å². The third kappa shape index (κ3) is 5.74. The number of furan rings is 2. The minimum atomic E-state index is 0.0128. The van der Waals surface area contributed by atoms with Crippen molar-refractivity contribution < 1.29 is 8.83 Å². The van der Waals surface area contributed by atoms with E-state index in [0.29, 0.717) is 0 Å². The minimum Gasteiger partial charge on any atom is -0.456 e. The highest BCUT2D eigenvalue weighted by molar-refractivity contribution is 6.73. The van der Waals surface area contributed by atoms with Crippen molar-refractivity contribution in [3.8, 4) is 16.8 Å². The molecule has 0 bridgehead atoms. The van der Waals surface area contributed by atoms with Gasteiger partial charge in [-0.05, 0) is 122 Å². The minimum absolute atomic E-state index is 0.0128. The number of benzene rings is 7. The predicted octanol–water partition coefficient (Wildman–Crippen LogP) is 14.6. The number of aromatic nitrogens is 1. The number of anilines is 2. The van der Waals surface area contributed by atoms with Crippen molar-refractivity contribution in [3.05, 3.63) is 138 Å². The van der Waals surface area contributed by atoms with Crippen LogP contribution in [0, 0.1) is 0 Å². The van der Waals surface area contributed by atoms with Crippen LogP contribution in [0.3, 0.4) is 0 Å². The SMILES string of the molecule is CC(C)(C)c1ccc(Nc2cc3c(cc2-c2ccc4c5cc6c(cc5n5c4c2Bc2cc(C(C)(C)C)ccc2-5)oc2ccccc26)oc2cc4c(cc23)C(C)(C)CCC4(C)C)cc1. The van der Waals surface area contributed by atoms with Crippen molar-refractivity contribution in [1.29, 1.82) is 0 Å². The number of hydrogen-bond donors (Lipinski definition) is 1. The molecule has 1 N–H and O–H groups in total. The first-order valence-corrected chi connectivity index (χ1v) is 22.9. The van der Waals surface area contributed by atoms with Gasteiger partial charge in [0.1, 0.15) is 22.3 Å². The normalized spacial score (nSPS) is 15.7. The Hall–Kier alpha value is -6.20. The van der Waals surface area contributed by atoms with Crippen LogP contribution in [-0.4, -0.2) is 11.8 Å². The lowest BCUT2D eigenvalue weighted by molar-refractivity contribution is 0.332. The molecular weight excluding hydrogens is 767 g/mol. The first-order chi connectivity index (χ1) is 29.9. The molecule has 10 aromatic rings. The summed E-state index contributed by atoms with van der Waals surface area (Å²) in [5.74, 6) is 0. The molecule has 0 spiro atoms. The average molecular weight is 823 g/mol. The monoisotopic (exact) mass is 822 g/mol. The largest absolute Gasteiger partial charge is 0.456 e. The predicted molar refractivity (Wildman–Crippen MR) is 270 cm³/mol. The van der Waals surface area contributed by atoms with Crippen molar-refractivity contribution in [2.24, 2.45) is 0 Å². The van der Waals surface area contributed by atoms with E-state index in [1.807, 2.05) is 0 Å². The van der Waals surface area contributed by atoms with Gasteiger partial charge in [0.25, 0.3) is 0 Å². The smallest absolute Gasteiger partial charge is 0.198 e. The Kier molecular flexibility index (Phi) is 7.77. The maximum Gasteiger partial charge on any atom is 0.198 e. The number of nitrogens with one attached hydrogen (secondary N) is 1. The van der Waals surface area contributed by atoms with Crippen LogP contribution in [0.15, 0.2) is 124 Å². The van der Waals surface area contributed by atoms with Crippen molar-refractivity contribution >= 4 is 95.3 Å². The molecule has 63 heavy (non-hydrogen) atoms. The van der Waals surface area contributed by atoms with Gasteiger partial charge in [-0.3, -0.25) is 0 Å². The van der Waals surface area contributed by atoms with E-state index in [2.05, 4.69) is 194 Å². The van der Waals surface area contributed by atoms with Gasteiger partial charge < -0.3 is 18.7 Å². The highest BCUT2D eigenvalue weighted by atomic mass is 16.3. The van der Waals surface area contributed by atoms with Gasteiger partial charge in [-0.2, -0.15) is 0 Å². The summed E-state index contributed by atoms with van der Waals surface area (Å²) < 4.78 is 16.0. The fraction of sp³-hybridized carbons (Fsp3) is 0.276. The zero-order chi connectivity index (χ0) is 43.5. The Morgan fingerprint density at radius 2 is 1.17 bits per heavy atom. The molecule has 1 aliphatic heterocycles. The Labute approximate surface area is 370 Å². The van der Waals surface area contributed by atoms with Crippen LogP contribution < -0.4 is 16.2 Å². The summed E-state index contributed by atoms with van der Waals surface area (Å²) >= 11 is 0. The molecule has 0 radical (unpaired) electrons. The molecule has 0 amide bonds. The van der Waals surface area contributed by atoms with E-state index in [9.17, 15) is 0 Å². The van der Waals surface area contributed by atoms with Gasteiger partial charge in [0, 0.05) is 66.5 Å². The molecule has 7 aromatic carbocycles. The average Bonchev–Trinajstić information content (AvgIpc) is 3.90. The molecule has 0 atom stereocenters. The van der Waals surface area contributed by atoms with Gasteiger partial charge >= 0.3 is 0 Å². The topological polar surface area (TPSA) is 43.2 Å². The van der Waals surface area contributed by atoms with Crippen LogP contribution in [0.2, 0.25) is 0 Å². The van der Waals surface area contributed by atoms with Crippen molar-refractivity contribution in [1.82, 2.24) is 4.57 Å². The molecule has 2 aliphatic rings. The third-order valence-corrected chi connectivity index (χ3v) is 15.0. The quantitative estimate of drug-likeness (QED) is 0.181. The van der Waals surface area contributed by atoms with Gasteiger partial charge in [-0.15, -0.1) is 0 Å². The number of hydrogen-bond acceptors (Lipinski definition) is 3. The van der Waals surface area contributed by atoms with E-state index in [1.54, 1.807) is 0 Å². The van der Waals surface area contributed by atoms with Crippen LogP contribution in [0.1, 0.15) is 104 Å².